The van der Waals surface area contributed by atoms with Crippen LogP contribution in [-0.2, 0) is 0 Å². The van der Waals surface area contributed by atoms with Gasteiger partial charge in [0.15, 0.2) is 0 Å². The highest BCUT2D eigenvalue weighted by molar-refractivity contribution is 7.13. The van der Waals surface area contributed by atoms with Crippen molar-refractivity contribution in [3.8, 4) is 17.0 Å². The van der Waals surface area contributed by atoms with E-state index in [-0.39, 0.29) is 5.43 Å². The number of nitrogens with zero attached hydrogens (tertiary/aromatic N) is 3. The quantitative estimate of drug-likeness (QED) is 0.309. The van der Waals surface area contributed by atoms with Gasteiger partial charge in [-0.15, -0.1) is 11.3 Å². The molecule has 0 radical (unpaired) electrons. The first-order chi connectivity index (χ1) is 16.0. The fourth-order valence-corrected chi connectivity index (χ4v) is 4.44. The Morgan fingerprint density at radius 1 is 1.15 bits per heavy atom. The van der Waals surface area contributed by atoms with Gasteiger partial charge in [0.1, 0.15) is 28.1 Å². The van der Waals surface area contributed by atoms with Crippen molar-refractivity contribution in [1.29, 1.82) is 0 Å². The lowest BCUT2D eigenvalue weighted by Gasteiger charge is -2.11. The van der Waals surface area contributed by atoms with Crippen LogP contribution in [-0.4, -0.2) is 32.4 Å². The predicted molar refractivity (Wildman–Crippen MR) is 133 cm³/mol. The zero-order chi connectivity index (χ0) is 23.1. The molecule has 3 heterocycles. The minimum absolute atomic E-state index is 0.200. The molecule has 0 fully saturated rings. The summed E-state index contributed by atoms with van der Waals surface area (Å²) in [7, 11) is 5.53. The maximum atomic E-state index is 13.5. The number of hydrogen-bond acceptors (Lipinski definition) is 8. The number of aryl methyl sites for hydroxylation is 1. The van der Waals surface area contributed by atoms with Crippen molar-refractivity contribution in [2.45, 2.75) is 6.92 Å². The summed E-state index contributed by atoms with van der Waals surface area (Å²) in [5, 5.41) is 3.45. The third-order valence-corrected chi connectivity index (χ3v) is 6.18. The number of aliphatic imine (C=N–C) groups is 1. The third-order valence-electron chi connectivity index (χ3n) is 5.43. The Bertz CT molecular complexity index is 1560. The average Bonchev–Trinajstić information content (AvgIpc) is 3.46. The summed E-state index contributed by atoms with van der Waals surface area (Å²) in [6, 6.07) is 11.5. The van der Waals surface area contributed by atoms with Crippen LogP contribution in [0.1, 0.15) is 11.3 Å². The molecule has 33 heavy (non-hydrogen) atoms. The summed E-state index contributed by atoms with van der Waals surface area (Å²) in [6.07, 6.45) is 3.32. The van der Waals surface area contributed by atoms with E-state index in [1.807, 2.05) is 48.6 Å². The summed E-state index contributed by atoms with van der Waals surface area (Å²) >= 11 is 1.36. The topological polar surface area (TPSA) is 81.1 Å². The first kappa shape index (κ1) is 21.0. The highest BCUT2D eigenvalue weighted by Gasteiger charge is 2.21. The normalized spacial score (nSPS) is 11.6. The summed E-state index contributed by atoms with van der Waals surface area (Å²) in [5.41, 5.74) is 3.81. The van der Waals surface area contributed by atoms with Crippen molar-refractivity contribution >= 4 is 50.3 Å². The number of ether oxygens (including phenoxy) is 1. The van der Waals surface area contributed by atoms with Gasteiger partial charge in [0.25, 0.3) is 0 Å². The van der Waals surface area contributed by atoms with Gasteiger partial charge >= 0.3 is 0 Å². The van der Waals surface area contributed by atoms with Crippen LogP contribution >= 0.6 is 11.3 Å². The van der Waals surface area contributed by atoms with E-state index in [2.05, 4.69) is 9.98 Å². The Morgan fingerprint density at radius 2 is 1.94 bits per heavy atom. The number of aromatic nitrogens is 1. The number of benzene rings is 2. The molecule has 0 saturated heterocycles. The van der Waals surface area contributed by atoms with Crippen molar-refractivity contribution < 1.29 is 13.6 Å². The molecule has 0 amide bonds. The number of methoxy groups -OCH3 is 1. The number of furan rings is 1. The molecule has 166 valence electrons. The van der Waals surface area contributed by atoms with Crippen molar-refractivity contribution in [2.75, 3.05) is 26.1 Å². The molecule has 0 atom stereocenters. The van der Waals surface area contributed by atoms with Crippen LogP contribution in [0.5, 0.6) is 5.75 Å². The van der Waals surface area contributed by atoms with Gasteiger partial charge in [0.05, 0.1) is 30.0 Å². The van der Waals surface area contributed by atoms with Gasteiger partial charge < -0.3 is 18.5 Å². The third kappa shape index (κ3) is 3.68. The molecule has 0 saturated carbocycles. The molecule has 8 heteroatoms. The second-order valence-electron chi connectivity index (χ2n) is 7.74. The van der Waals surface area contributed by atoms with Crippen molar-refractivity contribution in [3.05, 3.63) is 69.6 Å². The molecule has 0 unspecified atom stereocenters. The lowest BCUT2D eigenvalue weighted by Crippen LogP contribution is -2.09. The molecule has 3 aromatic heterocycles. The molecule has 5 rings (SSSR count). The molecule has 0 bridgehead atoms. The summed E-state index contributed by atoms with van der Waals surface area (Å²) in [6.45, 7) is 1.75. The average molecular weight is 460 g/mol. The van der Waals surface area contributed by atoms with E-state index in [4.69, 9.17) is 13.6 Å². The Balaban J connectivity index is 1.55. The molecule has 0 N–H and O–H groups in total. The van der Waals surface area contributed by atoms with Crippen LogP contribution in [0.2, 0.25) is 0 Å². The van der Waals surface area contributed by atoms with E-state index in [9.17, 15) is 4.79 Å². The highest BCUT2D eigenvalue weighted by atomic mass is 32.1. The van der Waals surface area contributed by atoms with E-state index < -0.39 is 0 Å². The minimum atomic E-state index is -0.200. The number of fused-ring (bicyclic) bond motifs is 2. The van der Waals surface area contributed by atoms with Crippen LogP contribution in [0.3, 0.4) is 0 Å². The molecule has 0 spiro atoms. The zero-order valence-corrected chi connectivity index (χ0v) is 19.4. The second-order valence-corrected chi connectivity index (χ2v) is 8.57. The minimum Gasteiger partial charge on any atom is -0.495 e. The Kier molecular flexibility index (Phi) is 5.22. The smallest absolute Gasteiger partial charge is 0.209 e. The molecule has 0 aliphatic carbocycles. The highest BCUT2D eigenvalue weighted by Crippen LogP contribution is 2.36. The van der Waals surface area contributed by atoms with Gasteiger partial charge in [0, 0.05) is 37.4 Å². The van der Waals surface area contributed by atoms with Gasteiger partial charge in [-0.2, -0.15) is 0 Å². The van der Waals surface area contributed by atoms with Crippen LogP contribution in [0.15, 0.2) is 66.7 Å². The summed E-state index contributed by atoms with van der Waals surface area (Å²) < 4.78 is 17.0. The van der Waals surface area contributed by atoms with Crippen molar-refractivity contribution in [2.24, 2.45) is 4.99 Å². The number of anilines is 1. The van der Waals surface area contributed by atoms with Gasteiger partial charge in [-0.25, -0.2) is 9.98 Å². The lowest BCUT2D eigenvalue weighted by molar-refractivity contribution is 0.423. The second kappa shape index (κ2) is 8.22. The van der Waals surface area contributed by atoms with Gasteiger partial charge in [-0.1, -0.05) is 12.1 Å². The Hall–Kier alpha value is -3.91. The number of hydrogen-bond donors (Lipinski definition) is 0. The zero-order valence-electron chi connectivity index (χ0n) is 18.6. The monoisotopic (exact) mass is 459 g/mol. The van der Waals surface area contributed by atoms with E-state index in [0.717, 1.165) is 16.6 Å². The number of thiazole rings is 1. The van der Waals surface area contributed by atoms with E-state index in [1.54, 1.807) is 31.5 Å². The van der Waals surface area contributed by atoms with E-state index >= 15 is 0 Å². The van der Waals surface area contributed by atoms with Gasteiger partial charge in [-0.3, -0.25) is 4.79 Å². The van der Waals surface area contributed by atoms with Crippen molar-refractivity contribution in [1.82, 2.24) is 4.98 Å². The lowest BCUT2D eigenvalue weighted by atomic mass is 10.1. The Morgan fingerprint density at radius 3 is 2.67 bits per heavy atom. The van der Waals surface area contributed by atoms with Gasteiger partial charge in [0.2, 0.25) is 10.6 Å². The molecular formula is C25H21N3O4S. The molecule has 5 aromatic rings. The van der Waals surface area contributed by atoms with Crippen LogP contribution in [0.25, 0.3) is 33.2 Å². The van der Waals surface area contributed by atoms with Gasteiger partial charge in [-0.05, 0) is 30.7 Å². The first-order valence-corrected chi connectivity index (χ1v) is 11.1. The van der Waals surface area contributed by atoms with Crippen LogP contribution in [0.4, 0.5) is 10.8 Å². The largest absolute Gasteiger partial charge is 0.495 e. The predicted octanol–water partition coefficient (Wildman–Crippen LogP) is 5.80. The molecule has 0 aliphatic heterocycles. The maximum absolute atomic E-state index is 13.5. The number of rotatable bonds is 5. The van der Waals surface area contributed by atoms with Crippen molar-refractivity contribution in [3.63, 3.8) is 0 Å². The molecule has 2 aromatic carbocycles. The summed E-state index contributed by atoms with van der Waals surface area (Å²) in [5.74, 6) is 0.904. The van der Waals surface area contributed by atoms with E-state index in [0.29, 0.717) is 44.5 Å². The molecule has 0 aliphatic rings. The SMILES string of the molecule is COc1c2ccoc2cc2oc(C)c(-c3csc(/N=C/c4ccc(N(C)C)cc4)n3)c(=O)c12. The van der Waals surface area contributed by atoms with Crippen LogP contribution < -0.4 is 15.1 Å². The molecule has 7 nitrogen and oxygen atoms in total. The van der Waals surface area contributed by atoms with Crippen LogP contribution in [0, 0.1) is 6.92 Å². The van der Waals surface area contributed by atoms with E-state index in [1.165, 1.54) is 18.4 Å². The maximum Gasteiger partial charge on any atom is 0.209 e. The standard InChI is InChI=1S/C25H21N3O4S/c1-14-21(23(29)22-20(32-14)11-19-17(9-10-31-19)24(22)30-4)18-13-33-25(27-18)26-12-15-5-7-16(8-6-15)28(2)3/h5-13H,1-4H3/b26-12+. The summed E-state index contributed by atoms with van der Waals surface area (Å²) in [4.78, 5) is 24.6. The molecular weight excluding hydrogens is 438 g/mol. The fourth-order valence-electron chi connectivity index (χ4n) is 3.79. The fraction of sp³-hybridized carbons (Fsp3) is 0.160. The Labute approximate surface area is 193 Å². The first-order valence-electron chi connectivity index (χ1n) is 10.2.